The smallest absolute Gasteiger partial charge is 0.0640 e. The molecule has 0 aliphatic heterocycles. The van der Waals surface area contributed by atoms with Gasteiger partial charge in [-0.3, -0.25) is 0 Å². The van der Waals surface area contributed by atoms with Gasteiger partial charge >= 0.3 is 0 Å². The fourth-order valence-electron chi connectivity index (χ4n) is 1.04. The van der Waals surface area contributed by atoms with Gasteiger partial charge < -0.3 is 5.32 Å². The third kappa shape index (κ3) is 2.96. The van der Waals surface area contributed by atoms with Crippen molar-refractivity contribution in [2.75, 3.05) is 11.9 Å². The Kier molecular flexibility index (Phi) is 3.60. The van der Waals surface area contributed by atoms with E-state index in [4.69, 9.17) is 16.9 Å². The van der Waals surface area contributed by atoms with Gasteiger partial charge in [-0.15, -0.1) is 0 Å². The zero-order valence-electron chi connectivity index (χ0n) is 7.47. The van der Waals surface area contributed by atoms with E-state index in [1.54, 1.807) is 0 Å². The van der Waals surface area contributed by atoms with Crippen LogP contribution in [0.3, 0.4) is 0 Å². The van der Waals surface area contributed by atoms with E-state index in [9.17, 15) is 0 Å². The largest absolute Gasteiger partial charge is 0.384 e. The molecule has 1 rings (SSSR count). The van der Waals surface area contributed by atoms with Gasteiger partial charge in [0.25, 0.3) is 0 Å². The summed E-state index contributed by atoms with van der Waals surface area (Å²) in [5, 5.41) is 12.2. The van der Waals surface area contributed by atoms with E-state index < -0.39 is 0 Å². The highest BCUT2D eigenvalue weighted by atomic mass is 35.5. The Morgan fingerprint density at radius 1 is 1.54 bits per heavy atom. The first-order chi connectivity index (χ1) is 6.24. The van der Waals surface area contributed by atoms with Crippen LogP contribution < -0.4 is 5.32 Å². The van der Waals surface area contributed by atoms with Crippen molar-refractivity contribution < 1.29 is 0 Å². The molecule has 0 aromatic heterocycles. The highest BCUT2D eigenvalue weighted by Crippen LogP contribution is 2.19. The molecule has 0 amide bonds. The molecule has 0 heterocycles. The number of hydrogen-bond acceptors (Lipinski definition) is 2. The molecule has 1 N–H and O–H groups in total. The lowest BCUT2D eigenvalue weighted by atomic mass is 10.2. The molecule has 0 bridgehead atoms. The summed E-state index contributed by atoms with van der Waals surface area (Å²) >= 11 is 5.82. The Labute approximate surface area is 83.1 Å². The van der Waals surface area contributed by atoms with Crippen molar-refractivity contribution in [3.05, 3.63) is 28.8 Å². The first kappa shape index (κ1) is 9.88. The van der Waals surface area contributed by atoms with Crippen LogP contribution in [0.2, 0.25) is 5.02 Å². The maximum atomic E-state index is 8.35. The SMILES string of the molecule is Cc1ccc(Cl)cc1NCCC#N. The van der Waals surface area contributed by atoms with E-state index in [-0.39, 0.29) is 0 Å². The lowest BCUT2D eigenvalue weighted by Crippen LogP contribution is -2.01. The Hall–Kier alpha value is -1.20. The van der Waals surface area contributed by atoms with Crippen molar-refractivity contribution in [1.82, 2.24) is 0 Å². The van der Waals surface area contributed by atoms with Crippen LogP contribution in [0, 0.1) is 18.3 Å². The zero-order valence-corrected chi connectivity index (χ0v) is 8.23. The van der Waals surface area contributed by atoms with Gasteiger partial charge in [0.05, 0.1) is 12.5 Å². The summed E-state index contributed by atoms with van der Waals surface area (Å²) in [6, 6.07) is 7.75. The molecule has 2 nitrogen and oxygen atoms in total. The summed E-state index contributed by atoms with van der Waals surface area (Å²) in [6.45, 7) is 2.67. The van der Waals surface area contributed by atoms with Crippen LogP contribution >= 0.6 is 11.6 Å². The van der Waals surface area contributed by atoms with E-state index in [2.05, 4.69) is 11.4 Å². The second kappa shape index (κ2) is 4.74. The molecule has 0 fully saturated rings. The molecule has 0 radical (unpaired) electrons. The summed E-state index contributed by atoms with van der Waals surface area (Å²) in [6.07, 6.45) is 0.506. The minimum absolute atomic E-state index is 0.506. The van der Waals surface area contributed by atoms with Crippen molar-refractivity contribution in [1.29, 1.82) is 5.26 Å². The molecule has 1 aromatic rings. The molecule has 0 saturated heterocycles. The van der Waals surface area contributed by atoms with E-state index in [1.807, 2.05) is 25.1 Å². The van der Waals surface area contributed by atoms with E-state index in [0.717, 1.165) is 11.3 Å². The van der Waals surface area contributed by atoms with E-state index >= 15 is 0 Å². The predicted molar refractivity (Wildman–Crippen MR) is 54.9 cm³/mol. The van der Waals surface area contributed by atoms with Crippen LogP contribution in [-0.4, -0.2) is 6.54 Å². The van der Waals surface area contributed by atoms with Crippen LogP contribution in [-0.2, 0) is 0 Å². The van der Waals surface area contributed by atoms with Crippen LogP contribution in [0.5, 0.6) is 0 Å². The van der Waals surface area contributed by atoms with Crippen LogP contribution in [0.25, 0.3) is 0 Å². The first-order valence-electron chi connectivity index (χ1n) is 4.11. The van der Waals surface area contributed by atoms with Gasteiger partial charge in [-0.05, 0) is 24.6 Å². The molecule has 0 atom stereocenters. The van der Waals surface area contributed by atoms with Crippen LogP contribution in [0.15, 0.2) is 18.2 Å². The lowest BCUT2D eigenvalue weighted by molar-refractivity contribution is 1.07. The number of nitrogens with zero attached hydrogens (tertiary/aromatic N) is 1. The topological polar surface area (TPSA) is 35.8 Å². The summed E-state index contributed by atoms with van der Waals surface area (Å²) < 4.78 is 0. The average molecular weight is 195 g/mol. The van der Waals surface area contributed by atoms with Gasteiger partial charge in [0.2, 0.25) is 0 Å². The highest BCUT2D eigenvalue weighted by Gasteiger charge is 1.97. The average Bonchev–Trinajstić information content (AvgIpc) is 2.11. The third-order valence-electron chi connectivity index (χ3n) is 1.75. The highest BCUT2D eigenvalue weighted by molar-refractivity contribution is 6.30. The second-order valence-electron chi connectivity index (χ2n) is 2.79. The quantitative estimate of drug-likeness (QED) is 0.751. The summed E-state index contributed by atoms with van der Waals surface area (Å²) in [5.74, 6) is 0. The van der Waals surface area contributed by atoms with Gasteiger partial charge in [0.15, 0.2) is 0 Å². The predicted octanol–water partition coefficient (Wildman–Crippen LogP) is 2.97. The minimum Gasteiger partial charge on any atom is -0.384 e. The molecule has 0 aliphatic carbocycles. The molecule has 3 heteroatoms. The second-order valence-corrected chi connectivity index (χ2v) is 3.23. The van der Waals surface area contributed by atoms with Crippen molar-refractivity contribution in [2.24, 2.45) is 0 Å². The molecule has 68 valence electrons. The fourth-order valence-corrected chi connectivity index (χ4v) is 1.21. The fraction of sp³-hybridized carbons (Fsp3) is 0.300. The van der Waals surface area contributed by atoms with Gasteiger partial charge in [0, 0.05) is 17.3 Å². The van der Waals surface area contributed by atoms with Crippen LogP contribution in [0.1, 0.15) is 12.0 Å². The Morgan fingerprint density at radius 2 is 2.31 bits per heavy atom. The number of nitrogens with one attached hydrogen (secondary N) is 1. The van der Waals surface area contributed by atoms with Crippen molar-refractivity contribution in [2.45, 2.75) is 13.3 Å². The van der Waals surface area contributed by atoms with Crippen molar-refractivity contribution in [3.8, 4) is 6.07 Å². The number of halogens is 1. The lowest BCUT2D eigenvalue weighted by Gasteiger charge is -2.07. The number of hydrogen-bond donors (Lipinski definition) is 1. The summed E-state index contributed by atoms with van der Waals surface area (Å²) in [7, 11) is 0. The van der Waals surface area contributed by atoms with Gasteiger partial charge in [-0.1, -0.05) is 17.7 Å². The van der Waals surface area contributed by atoms with E-state index in [0.29, 0.717) is 18.0 Å². The summed E-state index contributed by atoms with van der Waals surface area (Å²) in [5.41, 5.74) is 2.14. The zero-order chi connectivity index (χ0) is 9.68. The standard InChI is InChI=1S/C10H11ClN2/c1-8-3-4-9(11)7-10(8)13-6-2-5-12/h3-4,7,13H,2,6H2,1H3. The maximum absolute atomic E-state index is 8.35. The van der Waals surface area contributed by atoms with Crippen molar-refractivity contribution in [3.63, 3.8) is 0 Å². The molecule has 0 saturated carbocycles. The molecule has 0 aliphatic rings. The Bertz CT molecular complexity index is 328. The third-order valence-corrected chi connectivity index (χ3v) is 1.99. The number of benzene rings is 1. The number of nitriles is 1. The van der Waals surface area contributed by atoms with Gasteiger partial charge in [-0.25, -0.2) is 0 Å². The molecule has 1 aromatic carbocycles. The van der Waals surface area contributed by atoms with E-state index in [1.165, 1.54) is 0 Å². The number of rotatable bonds is 3. The normalized spacial score (nSPS) is 9.31. The molecule has 13 heavy (non-hydrogen) atoms. The Morgan fingerprint density at radius 3 is 3.00 bits per heavy atom. The van der Waals surface area contributed by atoms with Crippen molar-refractivity contribution >= 4 is 17.3 Å². The number of aryl methyl sites for hydroxylation is 1. The maximum Gasteiger partial charge on any atom is 0.0640 e. The monoisotopic (exact) mass is 194 g/mol. The van der Waals surface area contributed by atoms with Gasteiger partial charge in [0.1, 0.15) is 0 Å². The number of anilines is 1. The van der Waals surface area contributed by atoms with Gasteiger partial charge in [-0.2, -0.15) is 5.26 Å². The molecule has 0 spiro atoms. The molecule has 0 unspecified atom stereocenters. The molecular formula is C10H11ClN2. The Balaban J connectivity index is 2.65. The van der Waals surface area contributed by atoms with Crippen LogP contribution in [0.4, 0.5) is 5.69 Å². The molecular weight excluding hydrogens is 184 g/mol. The summed E-state index contributed by atoms with van der Waals surface area (Å²) in [4.78, 5) is 0. The minimum atomic E-state index is 0.506. The first-order valence-corrected chi connectivity index (χ1v) is 4.49.